The standard InChI is InChI=1S/C17H17FN2O/c1-3-21-17-7-5-4-6-15(17)12(2)20-14-8-9-16(18)13(10-14)11-19/h4-10,12,20H,3H2,1-2H3. The van der Waals surface area contributed by atoms with E-state index >= 15 is 0 Å². The minimum atomic E-state index is -0.509. The molecule has 0 amide bonds. The van der Waals surface area contributed by atoms with Gasteiger partial charge in [-0.3, -0.25) is 0 Å². The summed E-state index contributed by atoms with van der Waals surface area (Å²) in [6, 6.07) is 14.0. The summed E-state index contributed by atoms with van der Waals surface area (Å²) in [5.74, 6) is 0.313. The predicted molar refractivity (Wildman–Crippen MR) is 80.8 cm³/mol. The lowest BCUT2D eigenvalue weighted by molar-refractivity contribution is 0.335. The van der Waals surface area contributed by atoms with Gasteiger partial charge in [-0.15, -0.1) is 0 Å². The summed E-state index contributed by atoms with van der Waals surface area (Å²) in [4.78, 5) is 0. The second kappa shape index (κ2) is 6.76. The zero-order valence-corrected chi connectivity index (χ0v) is 12.1. The van der Waals surface area contributed by atoms with Crippen molar-refractivity contribution in [3.63, 3.8) is 0 Å². The smallest absolute Gasteiger partial charge is 0.141 e. The first-order valence-corrected chi connectivity index (χ1v) is 6.83. The third kappa shape index (κ3) is 3.51. The molecule has 0 aliphatic rings. The van der Waals surface area contributed by atoms with Crippen LogP contribution in [0.15, 0.2) is 42.5 Å². The number of nitrogens with zero attached hydrogens (tertiary/aromatic N) is 1. The predicted octanol–water partition coefficient (Wildman–Crippen LogP) is 4.27. The Morgan fingerprint density at radius 3 is 2.76 bits per heavy atom. The zero-order chi connectivity index (χ0) is 15.2. The lowest BCUT2D eigenvalue weighted by Crippen LogP contribution is -2.09. The molecule has 0 aromatic heterocycles. The molecule has 1 atom stereocenters. The van der Waals surface area contributed by atoms with Crippen molar-refractivity contribution in [3.05, 3.63) is 59.4 Å². The van der Waals surface area contributed by atoms with Gasteiger partial charge in [0, 0.05) is 11.3 Å². The van der Waals surface area contributed by atoms with Crippen molar-refractivity contribution >= 4 is 5.69 Å². The summed E-state index contributed by atoms with van der Waals surface area (Å²) in [6.45, 7) is 4.53. The average molecular weight is 284 g/mol. The molecule has 2 rings (SSSR count). The van der Waals surface area contributed by atoms with Gasteiger partial charge >= 0.3 is 0 Å². The minimum absolute atomic E-state index is 0.0234. The molecule has 0 aliphatic heterocycles. The van der Waals surface area contributed by atoms with Crippen molar-refractivity contribution in [2.75, 3.05) is 11.9 Å². The van der Waals surface area contributed by atoms with Gasteiger partial charge in [0.1, 0.15) is 17.6 Å². The molecule has 0 bridgehead atoms. The first kappa shape index (κ1) is 14.9. The monoisotopic (exact) mass is 284 g/mol. The van der Waals surface area contributed by atoms with Gasteiger partial charge in [0.05, 0.1) is 18.2 Å². The lowest BCUT2D eigenvalue weighted by Gasteiger charge is -2.19. The number of nitriles is 1. The number of halogens is 1. The van der Waals surface area contributed by atoms with E-state index in [0.717, 1.165) is 11.3 Å². The van der Waals surface area contributed by atoms with Crippen LogP contribution in [-0.4, -0.2) is 6.61 Å². The van der Waals surface area contributed by atoms with Gasteiger partial charge in [-0.05, 0) is 38.1 Å². The SMILES string of the molecule is CCOc1ccccc1C(C)Nc1ccc(F)c(C#N)c1. The fourth-order valence-corrected chi connectivity index (χ4v) is 2.15. The molecule has 2 aromatic rings. The third-order valence-corrected chi connectivity index (χ3v) is 3.16. The number of para-hydroxylation sites is 1. The second-order valence-corrected chi connectivity index (χ2v) is 4.64. The number of ether oxygens (including phenoxy) is 1. The van der Waals surface area contributed by atoms with Gasteiger partial charge in [0.15, 0.2) is 0 Å². The topological polar surface area (TPSA) is 45.0 Å². The van der Waals surface area contributed by atoms with E-state index in [0.29, 0.717) is 12.3 Å². The van der Waals surface area contributed by atoms with Gasteiger partial charge in [0.2, 0.25) is 0 Å². The van der Waals surface area contributed by atoms with Crippen molar-refractivity contribution in [1.82, 2.24) is 0 Å². The Balaban J connectivity index is 2.22. The quantitative estimate of drug-likeness (QED) is 0.891. The van der Waals surface area contributed by atoms with E-state index in [-0.39, 0.29) is 11.6 Å². The molecular weight excluding hydrogens is 267 g/mol. The molecule has 21 heavy (non-hydrogen) atoms. The Hall–Kier alpha value is -2.54. The van der Waals surface area contributed by atoms with Crippen LogP contribution in [0, 0.1) is 17.1 Å². The van der Waals surface area contributed by atoms with Crippen molar-refractivity contribution in [3.8, 4) is 11.8 Å². The van der Waals surface area contributed by atoms with Crippen LogP contribution in [0.1, 0.15) is 31.0 Å². The van der Waals surface area contributed by atoms with Gasteiger partial charge < -0.3 is 10.1 Å². The second-order valence-electron chi connectivity index (χ2n) is 4.64. The highest BCUT2D eigenvalue weighted by atomic mass is 19.1. The highest BCUT2D eigenvalue weighted by Crippen LogP contribution is 2.28. The van der Waals surface area contributed by atoms with Crippen LogP contribution in [-0.2, 0) is 0 Å². The molecule has 1 N–H and O–H groups in total. The first-order valence-electron chi connectivity index (χ1n) is 6.83. The van der Waals surface area contributed by atoms with E-state index in [9.17, 15) is 4.39 Å². The number of anilines is 1. The van der Waals surface area contributed by atoms with Crippen LogP contribution < -0.4 is 10.1 Å². The summed E-state index contributed by atoms with van der Waals surface area (Å²) in [5, 5.41) is 12.1. The maximum absolute atomic E-state index is 13.3. The van der Waals surface area contributed by atoms with Gasteiger partial charge in [-0.2, -0.15) is 5.26 Å². The van der Waals surface area contributed by atoms with E-state index in [4.69, 9.17) is 10.00 Å². The summed E-state index contributed by atoms with van der Waals surface area (Å²) in [6.07, 6.45) is 0. The molecule has 0 saturated carbocycles. The van der Waals surface area contributed by atoms with Gasteiger partial charge in [0.25, 0.3) is 0 Å². The van der Waals surface area contributed by atoms with E-state index in [2.05, 4.69) is 5.32 Å². The Kier molecular flexibility index (Phi) is 4.78. The third-order valence-electron chi connectivity index (χ3n) is 3.16. The highest BCUT2D eigenvalue weighted by Gasteiger charge is 2.12. The lowest BCUT2D eigenvalue weighted by atomic mass is 10.1. The van der Waals surface area contributed by atoms with Crippen molar-refractivity contribution < 1.29 is 9.13 Å². The number of nitrogens with one attached hydrogen (secondary N) is 1. The molecule has 0 aliphatic carbocycles. The van der Waals surface area contributed by atoms with Crippen molar-refractivity contribution in [2.45, 2.75) is 19.9 Å². The maximum atomic E-state index is 13.3. The Bertz CT molecular complexity index is 664. The summed E-state index contributed by atoms with van der Waals surface area (Å²) in [7, 11) is 0. The Morgan fingerprint density at radius 1 is 1.29 bits per heavy atom. The molecule has 1 unspecified atom stereocenters. The van der Waals surface area contributed by atoms with E-state index in [1.807, 2.05) is 44.2 Å². The van der Waals surface area contributed by atoms with Crippen LogP contribution in [0.3, 0.4) is 0 Å². The molecule has 0 saturated heterocycles. The van der Waals surface area contributed by atoms with Gasteiger partial charge in [-0.1, -0.05) is 18.2 Å². The largest absolute Gasteiger partial charge is 0.494 e. The molecule has 0 radical (unpaired) electrons. The molecule has 0 heterocycles. The fourth-order valence-electron chi connectivity index (χ4n) is 2.15. The molecular formula is C17H17FN2O. The number of hydrogen-bond donors (Lipinski definition) is 1. The van der Waals surface area contributed by atoms with Crippen LogP contribution in [0.25, 0.3) is 0 Å². The van der Waals surface area contributed by atoms with Crippen molar-refractivity contribution in [2.24, 2.45) is 0 Å². The Labute approximate surface area is 124 Å². The molecule has 0 fully saturated rings. The maximum Gasteiger partial charge on any atom is 0.141 e. The number of rotatable bonds is 5. The highest BCUT2D eigenvalue weighted by molar-refractivity contribution is 5.52. The number of hydrogen-bond acceptors (Lipinski definition) is 3. The van der Waals surface area contributed by atoms with Crippen LogP contribution in [0.2, 0.25) is 0 Å². The first-order chi connectivity index (χ1) is 10.2. The Morgan fingerprint density at radius 2 is 2.05 bits per heavy atom. The summed E-state index contributed by atoms with van der Waals surface area (Å²) in [5.41, 5.74) is 1.75. The summed E-state index contributed by atoms with van der Waals surface area (Å²) < 4.78 is 18.9. The normalized spacial score (nSPS) is 11.5. The number of benzene rings is 2. The van der Waals surface area contributed by atoms with Crippen LogP contribution in [0.5, 0.6) is 5.75 Å². The van der Waals surface area contributed by atoms with Crippen LogP contribution in [0.4, 0.5) is 10.1 Å². The molecule has 4 heteroatoms. The molecule has 108 valence electrons. The summed E-state index contributed by atoms with van der Waals surface area (Å²) >= 11 is 0. The fraction of sp³-hybridized carbons (Fsp3) is 0.235. The molecule has 2 aromatic carbocycles. The molecule has 0 spiro atoms. The molecule has 3 nitrogen and oxygen atoms in total. The van der Waals surface area contributed by atoms with Gasteiger partial charge in [-0.25, -0.2) is 4.39 Å². The average Bonchev–Trinajstić information content (AvgIpc) is 2.50. The van der Waals surface area contributed by atoms with E-state index in [1.54, 1.807) is 6.07 Å². The van der Waals surface area contributed by atoms with E-state index in [1.165, 1.54) is 12.1 Å². The zero-order valence-electron chi connectivity index (χ0n) is 12.1. The minimum Gasteiger partial charge on any atom is -0.494 e. The van der Waals surface area contributed by atoms with E-state index < -0.39 is 5.82 Å². The van der Waals surface area contributed by atoms with Crippen molar-refractivity contribution in [1.29, 1.82) is 5.26 Å². The van der Waals surface area contributed by atoms with Crippen LogP contribution >= 0.6 is 0 Å².